The summed E-state index contributed by atoms with van der Waals surface area (Å²) in [5.74, 6) is 0.579. The van der Waals surface area contributed by atoms with Gasteiger partial charge in [0.25, 0.3) is 5.56 Å². The van der Waals surface area contributed by atoms with E-state index < -0.39 is 0 Å². The van der Waals surface area contributed by atoms with Gasteiger partial charge in [-0.3, -0.25) is 4.79 Å². The van der Waals surface area contributed by atoms with Crippen molar-refractivity contribution in [3.63, 3.8) is 0 Å². The zero-order chi connectivity index (χ0) is 13.7. The van der Waals surface area contributed by atoms with Crippen molar-refractivity contribution in [2.75, 3.05) is 11.9 Å². The lowest BCUT2D eigenvalue weighted by atomic mass is 10.1. The van der Waals surface area contributed by atoms with E-state index in [0.717, 1.165) is 6.42 Å². The molecule has 100 valence electrons. The average molecular weight is 370 g/mol. The second-order valence-electron chi connectivity index (χ2n) is 4.16. The third kappa shape index (κ3) is 3.77. The number of nitrogens with two attached hydrogens (primary N) is 1. The minimum Gasteiger partial charge on any atom is -0.365 e. The van der Waals surface area contributed by atoms with Crippen LogP contribution in [0.2, 0.25) is 0 Å². The Balaban J connectivity index is 2.11. The Labute approximate surface area is 124 Å². The van der Waals surface area contributed by atoms with Crippen LogP contribution in [0, 0.1) is 3.57 Å². The first-order valence-corrected chi connectivity index (χ1v) is 7.02. The molecule has 0 bridgehead atoms. The molecule has 0 aliphatic heterocycles. The number of nitrogens with one attached hydrogen (secondary N) is 2. The Morgan fingerprint density at radius 1 is 1.37 bits per heavy atom. The van der Waals surface area contributed by atoms with Gasteiger partial charge in [-0.25, -0.2) is 4.98 Å². The van der Waals surface area contributed by atoms with Crippen LogP contribution >= 0.6 is 22.6 Å². The van der Waals surface area contributed by atoms with Gasteiger partial charge in [-0.1, -0.05) is 30.3 Å². The lowest BCUT2D eigenvalue weighted by Crippen LogP contribution is -2.32. The highest BCUT2D eigenvalue weighted by molar-refractivity contribution is 14.1. The molecule has 1 unspecified atom stereocenters. The molecule has 2 aromatic rings. The molecule has 1 atom stereocenters. The van der Waals surface area contributed by atoms with E-state index in [2.05, 4.69) is 27.4 Å². The lowest BCUT2D eigenvalue weighted by Gasteiger charge is -2.18. The minimum atomic E-state index is -0.145. The van der Waals surface area contributed by atoms with Gasteiger partial charge >= 0.3 is 0 Å². The highest BCUT2D eigenvalue weighted by Crippen LogP contribution is 2.12. The monoisotopic (exact) mass is 370 g/mol. The number of rotatable bonds is 5. The molecule has 0 aliphatic rings. The van der Waals surface area contributed by atoms with Crippen molar-refractivity contribution in [1.29, 1.82) is 0 Å². The van der Waals surface area contributed by atoms with Gasteiger partial charge < -0.3 is 16.0 Å². The number of H-pyrrole nitrogens is 1. The molecule has 0 radical (unpaired) electrons. The van der Waals surface area contributed by atoms with Crippen LogP contribution < -0.4 is 16.6 Å². The third-order valence-corrected chi connectivity index (χ3v) is 3.75. The molecule has 2 rings (SSSR count). The fourth-order valence-electron chi connectivity index (χ4n) is 1.77. The molecule has 19 heavy (non-hydrogen) atoms. The highest BCUT2D eigenvalue weighted by Gasteiger charge is 2.11. The normalized spacial score (nSPS) is 12.1. The largest absolute Gasteiger partial charge is 0.365 e. The molecule has 4 N–H and O–H groups in total. The van der Waals surface area contributed by atoms with E-state index in [1.807, 2.05) is 40.8 Å². The molecule has 0 aliphatic carbocycles. The van der Waals surface area contributed by atoms with Gasteiger partial charge in [0, 0.05) is 12.6 Å². The van der Waals surface area contributed by atoms with E-state index in [1.165, 1.54) is 11.9 Å². The van der Waals surface area contributed by atoms with Gasteiger partial charge in [0.2, 0.25) is 0 Å². The molecule has 1 aromatic heterocycles. The smallest absolute Gasteiger partial charge is 0.266 e. The van der Waals surface area contributed by atoms with E-state index in [0.29, 0.717) is 15.9 Å². The summed E-state index contributed by atoms with van der Waals surface area (Å²) in [5, 5.41) is 3.22. The first kappa shape index (κ1) is 14.0. The predicted octanol–water partition coefficient (Wildman–Crippen LogP) is 1.36. The van der Waals surface area contributed by atoms with E-state index in [-0.39, 0.29) is 11.6 Å². The summed E-state index contributed by atoms with van der Waals surface area (Å²) in [7, 11) is 0. The molecule has 1 heterocycles. The number of halogens is 1. The maximum absolute atomic E-state index is 11.5. The molecule has 0 amide bonds. The fraction of sp³-hybridized carbons (Fsp3) is 0.231. The van der Waals surface area contributed by atoms with Gasteiger partial charge in [0.15, 0.2) is 0 Å². The van der Waals surface area contributed by atoms with Crippen molar-refractivity contribution in [3.05, 3.63) is 56.1 Å². The lowest BCUT2D eigenvalue weighted by molar-refractivity contribution is 0.718. The summed E-state index contributed by atoms with van der Waals surface area (Å²) in [6.45, 7) is 0.472. The Morgan fingerprint density at radius 3 is 2.79 bits per heavy atom. The number of hydrogen-bond acceptors (Lipinski definition) is 4. The van der Waals surface area contributed by atoms with E-state index in [1.54, 1.807) is 0 Å². The molecule has 0 spiro atoms. The predicted molar refractivity (Wildman–Crippen MR) is 84.2 cm³/mol. The summed E-state index contributed by atoms with van der Waals surface area (Å²) < 4.78 is 0.548. The fourth-order valence-corrected chi connectivity index (χ4v) is 2.22. The van der Waals surface area contributed by atoms with Gasteiger partial charge in [0.1, 0.15) is 9.39 Å². The Bertz CT molecular complexity index is 585. The SMILES string of the molecule is NCC(Cc1ccccc1)Nc1nc[nH]c(=O)c1I. The van der Waals surface area contributed by atoms with Crippen molar-refractivity contribution in [3.8, 4) is 0 Å². The van der Waals surface area contributed by atoms with Crippen LogP contribution in [-0.2, 0) is 6.42 Å². The first-order valence-electron chi connectivity index (χ1n) is 5.94. The van der Waals surface area contributed by atoms with Gasteiger partial charge in [0.05, 0.1) is 6.33 Å². The Morgan fingerprint density at radius 2 is 2.11 bits per heavy atom. The molecule has 0 fully saturated rings. The second-order valence-corrected chi connectivity index (χ2v) is 5.24. The van der Waals surface area contributed by atoms with Crippen molar-refractivity contribution in [2.24, 2.45) is 5.73 Å². The summed E-state index contributed by atoms with van der Waals surface area (Å²) >= 11 is 1.98. The molecule has 5 nitrogen and oxygen atoms in total. The van der Waals surface area contributed by atoms with Crippen LogP contribution in [0.3, 0.4) is 0 Å². The zero-order valence-electron chi connectivity index (χ0n) is 10.3. The van der Waals surface area contributed by atoms with Crippen molar-refractivity contribution >= 4 is 28.4 Å². The summed E-state index contributed by atoms with van der Waals surface area (Å²) in [4.78, 5) is 18.2. The van der Waals surface area contributed by atoms with Crippen LogP contribution in [0.1, 0.15) is 5.56 Å². The minimum absolute atomic E-state index is 0.0465. The van der Waals surface area contributed by atoms with Gasteiger partial charge in [-0.05, 0) is 34.6 Å². The van der Waals surface area contributed by atoms with Crippen molar-refractivity contribution in [2.45, 2.75) is 12.5 Å². The van der Waals surface area contributed by atoms with E-state index in [9.17, 15) is 4.79 Å². The van der Waals surface area contributed by atoms with Gasteiger partial charge in [-0.2, -0.15) is 0 Å². The number of benzene rings is 1. The maximum atomic E-state index is 11.5. The maximum Gasteiger partial charge on any atom is 0.266 e. The first-order chi connectivity index (χ1) is 9.20. The van der Waals surface area contributed by atoms with Gasteiger partial charge in [-0.15, -0.1) is 0 Å². The van der Waals surface area contributed by atoms with Crippen LogP contribution in [-0.4, -0.2) is 22.6 Å². The number of aromatic nitrogens is 2. The van der Waals surface area contributed by atoms with Crippen molar-refractivity contribution < 1.29 is 0 Å². The topological polar surface area (TPSA) is 83.8 Å². The number of anilines is 1. The molecule has 6 heteroatoms. The van der Waals surface area contributed by atoms with Crippen LogP contribution in [0.5, 0.6) is 0 Å². The number of hydrogen-bond donors (Lipinski definition) is 3. The Kier molecular flexibility index (Phi) is 4.92. The molecule has 0 saturated carbocycles. The van der Waals surface area contributed by atoms with Crippen LogP contribution in [0.4, 0.5) is 5.82 Å². The third-order valence-electron chi connectivity index (χ3n) is 2.75. The van der Waals surface area contributed by atoms with Crippen LogP contribution in [0.15, 0.2) is 41.5 Å². The van der Waals surface area contributed by atoms with E-state index >= 15 is 0 Å². The highest BCUT2D eigenvalue weighted by atomic mass is 127. The van der Waals surface area contributed by atoms with Crippen molar-refractivity contribution in [1.82, 2.24) is 9.97 Å². The Hall–Kier alpha value is -1.41. The zero-order valence-corrected chi connectivity index (χ0v) is 12.4. The molecular weight excluding hydrogens is 355 g/mol. The quantitative estimate of drug-likeness (QED) is 0.694. The summed E-state index contributed by atoms with van der Waals surface area (Å²) in [5.41, 5.74) is 6.83. The standard InChI is InChI=1S/C13H15IN4O/c14-11-12(16-8-17-13(11)19)18-10(7-15)6-9-4-2-1-3-5-9/h1-5,8,10H,6-7,15H2,(H2,16,17,18,19). The molecular formula is C13H15IN4O. The van der Waals surface area contributed by atoms with Crippen LogP contribution in [0.25, 0.3) is 0 Å². The van der Waals surface area contributed by atoms with E-state index in [4.69, 9.17) is 5.73 Å². The molecule has 1 aromatic carbocycles. The average Bonchev–Trinajstić information content (AvgIpc) is 2.44. The summed E-state index contributed by atoms with van der Waals surface area (Å²) in [6.07, 6.45) is 2.19. The summed E-state index contributed by atoms with van der Waals surface area (Å²) in [6, 6.07) is 10.1. The number of aromatic amines is 1. The second kappa shape index (κ2) is 6.67. The molecule has 0 saturated heterocycles. The number of nitrogens with zero attached hydrogens (tertiary/aromatic N) is 1.